The molecule has 0 bridgehead atoms. The quantitative estimate of drug-likeness (QED) is 0.762. The second-order valence-corrected chi connectivity index (χ2v) is 7.48. The fraction of sp³-hybridized carbons (Fsp3) is 0.467. The molecule has 114 valence electrons. The largest absolute Gasteiger partial charge is 0.397 e. The zero-order valence-corrected chi connectivity index (χ0v) is 13.9. The molecule has 0 fully saturated rings. The lowest BCUT2D eigenvalue weighted by Gasteiger charge is -2.24. The van der Waals surface area contributed by atoms with E-state index in [1.807, 2.05) is 46.8 Å². The molecule has 21 heavy (non-hydrogen) atoms. The number of nitrogens with two attached hydrogens (primary N) is 1. The van der Waals surface area contributed by atoms with Gasteiger partial charge in [0.1, 0.15) is 6.04 Å². The summed E-state index contributed by atoms with van der Waals surface area (Å²) in [6.07, 6.45) is 0. The van der Waals surface area contributed by atoms with E-state index in [2.05, 4.69) is 15.6 Å². The van der Waals surface area contributed by atoms with Crippen molar-refractivity contribution < 1.29 is 4.79 Å². The van der Waals surface area contributed by atoms with Crippen LogP contribution in [0.2, 0.25) is 0 Å². The maximum absolute atomic E-state index is 12.1. The third-order valence-corrected chi connectivity index (χ3v) is 3.86. The highest BCUT2D eigenvalue weighted by molar-refractivity contribution is 7.18. The van der Waals surface area contributed by atoms with Crippen LogP contribution in [0.1, 0.15) is 32.7 Å². The van der Waals surface area contributed by atoms with Crippen molar-refractivity contribution in [2.45, 2.75) is 46.2 Å². The van der Waals surface area contributed by atoms with E-state index < -0.39 is 0 Å². The molecule has 1 aromatic heterocycles. The van der Waals surface area contributed by atoms with Crippen LogP contribution in [0.15, 0.2) is 12.1 Å². The van der Waals surface area contributed by atoms with Crippen molar-refractivity contribution in [1.82, 2.24) is 10.3 Å². The number of thiazole rings is 1. The molecule has 2 aromatic rings. The molecule has 0 saturated carbocycles. The summed E-state index contributed by atoms with van der Waals surface area (Å²) in [6, 6.07) is 3.43. The van der Waals surface area contributed by atoms with Crippen LogP contribution in [0, 0.1) is 6.92 Å². The first-order chi connectivity index (χ1) is 9.65. The number of nitrogens with zero attached hydrogens (tertiary/aromatic N) is 1. The van der Waals surface area contributed by atoms with E-state index >= 15 is 0 Å². The average molecular weight is 306 g/mol. The van der Waals surface area contributed by atoms with Gasteiger partial charge in [-0.1, -0.05) is 0 Å². The summed E-state index contributed by atoms with van der Waals surface area (Å²) >= 11 is 1.61. The highest BCUT2D eigenvalue weighted by Crippen LogP contribution is 2.30. The van der Waals surface area contributed by atoms with Gasteiger partial charge in [0.15, 0.2) is 0 Å². The number of nitrogen functional groups attached to an aromatic ring is 1. The van der Waals surface area contributed by atoms with Crippen molar-refractivity contribution in [2.24, 2.45) is 0 Å². The van der Waals surface area contributed by atoms with Gasteiger partial charge >= 0.3 is 0 Å². The molecule has 4 N–H and O–H groups in total. The van der Waals surface area contributed by atoms with Crippen molar-refractivity contribution in [3.05, 3.63) is 17.1 Å². The zero-order valence-electron chi connectivity index (χ0n) is 13.1. The van der Waals surface area contributed by atoms with Gasteiger partial charge in [0.25, 0.3) is 0 Å². The van der Waals surface area contributed by atoms with Crippen LogP contribution in [0.3, 0.4) is 0 Å². The van der Waals surface area contributed by atoms with Gasteiger partial charge in [-0.2, -0.15) is 0 Å². The summed E-state index contributed by atoms with van der Waals surface area (Å²) in [5, 5.41) is 7.11. The number of nitrogens with one attached hydrogen (secondary N) is 2. The lowest BCUT2D eigenvalue weighted by Crippen LogP contribution is -2.47. The molecule has 1 unspecified atom stereocenters. The Morgan fingerprint density at radius 3 is 2.67 bits per heavy atom. The number of amides is 1. The number of carbonyl (C=O) groups excluding carboxylic acids is 1. The number of rotatable bonds is 3. The minimum atomic E-state index is -0.372. The minimum Gasteiger partial charge on any atom is -0.397 e. The van der Waals surface area contributed by atoms with Gasteiger partial charge in [0, 0.05) is 5.54 Å². The number of hydrogen-bond donors (Lipinski definition) is 3. The van der Waals surface area contributed by atoms with Gasteiger partial charge in [-0.15, -0.1) is 11.3 Å². The molecule has 1 aromatic carbocycles. The standard InChI is InChI=1S/C15H22N4OS/c1-8(14(20)19-15(3,4)5)17-11-7-12-13(6-10(11)16)21-9(2)18-12/h6-8,17H,16H2,1-5H3,(H,19,20). The third-order valence-electron chi connectivity index (χ3n) is 2.93. The molecule has 1 amide bonds. The van der Waals surface area contributed by atoms with E-state index in [1.54, 1.807) is 11.3 Å². The molecule has 1 heterocycles. The first kappa shape index (κ1) is 15.6. The summed E-state index contributed by atoms with van der Waals surface area (Å²) in [7, 11) is 0. The Morgan fingerprint density at radius 1 is 1.38 bits per heavy atom. The highest BCUT2D eigenvalue weighted by atomic mass is 32.1. The van der Waals surface area contributed by atoms with Crippen molar-refractivity contribution >= 4 is 38.8 Å². The lowest BCUT2D eigenvalue weighted by molar-refractivity contribution is -0.122. The molecular weight excluding hydrogens is 284 g/mol. The molecule has 5 nitrogen and oxygen atoms in total. The predicted octanol–water partition coefficient (Wildman–Crippen LogP) is 2.90. The summed E-state index contributed by atoms with van der Waals surface area (Å²) in [5.74, 6) is -0.0588. The van der Waals surface area contributed by atoms with Crippen molar-refractivity contribution in [2.75, 3.05) is 11.1 Å². The Morgan fingerprint density at radius 2 is 2.05 bits per heavy atom. The topological polar surface area (TPSA) is 80.0 Å². The molecule has 0 saturated heterocycles. The van der Waals surface area contributed by atoms with Gasteiger partial charge in [-0.3, -0.25) is 4.79 Å². The van der Waals surface area contributed by atoms with E-state index in [-0.39, 0.29) is 17.5 Å². The number of fused-ring (bicyclic) bond motifs is 1. The van der Waals surface area contributed by atoms with Crippen molar-refractivity contribution in [1.29, 1.82) is 0 Å². The molecule has 6 heteroatoms. The number of benzene rings is 1. The second kappa shape index (κ2) is 5.52. The van der Waals surface area contributed by atoms with Crippen LogP contribution in [0.25, 0.3) is 10.2 Å². The second-order valence-electron chi connectivity index (χ2n) is 6.25. The maximum atomic E-state index is 12.1. The van der Waals surface area contributed by atoms with E-state index in [9.17, 15) is 4.79 Å². The smallest absolute Gasteiger partial charge is 0.242 e. The fourth-order valence-electron chi connectivity index (χ4n) is 2.01. The van der Waals surface area contributed by atoms with Crippen LogP contribution in [-0.4, -0.2) is 22.5 Å². The molecule has 1 atom stereocenters. The van der Waals surface area contributed by atoms with Crippen LogP contribution >= 0.6 is 11.3 Å². The van der Waals surface area contributed by atoms with Crippen molar-refractivity contribution in [3.8, 4) is 0 Å². The minimum absolute atomic E-state index is 0.0588. The Kier molecular flexibility index (Phi) is 4.09. The molecule has 2 rings (SSSR count). The monoisotopic (exact) mass is 306 g/mol. The summed E-state index contributed by atoms with van der Waals surface area (Å²) in [5.41, 5.74) is 8.07. The zero-order chi connectivity index (χ0) is 15.8. The van der Waals surface area contributed by atoms with Crippen LogP contribution in [-0.2, 0) is 4.79 Å². The molecule has 0 aliphatic heterocycles. The third kappa shape index (κ3) is 3.85. The van der Waals surface area contributed by atoms with Gasteiger partial charge in [0.2, 0.25) is 5.91 Å². The van der Waals surface area contributed by atoms with Crippen LogP contribution < -0.4 is 16.4 Å². The van der Waals surface area contributed by atoms with E-state index in [1.165, 1.54) is 0 Å². The van der Waals surface area contributed by atoms with Crippen LogP contribution in [0.4, 0.5) is 11.4 Å². The normalized spacial score (nSPS) is 13.2. The number of hydrogen-bond acceptors (Lipinski definition) is 5. The van der Waals surface area contributed by atoms with E-state index in [0.717, 1.165) is 20.9 Å². The van der Waals surface area contributed by atoms with Gasteiger partial charge in [0.05, 0.1) is 26.6 Å². The lowest BCUT2D eigenvalue weighted by atomic mass is 10.1. The average Bonchev–Trinajstić information content (AvgIpc) is 2.66. The molecule has 0 radical (unpaired) electrons. The molecule has 0 aliphatic rings. The Hall–Kier alpha value is -1.82. The molecule has 0 spiro atoms. The Bertz CT molecular complexity index is 672. The SMILES string of the molecule is Cc1nc2cc(NC(C)C(=O)NC(C)(C)C)c(N)cc2s1. The van der Waals surface area contributed by atoms with Gasteiger partial charge in [-0.25, -0.2) is 4.98 Å². The van der Waals surface area contributed by atoms with Crippen molar-refractivity contribution in [3.63, 3.8) is 0 Å². The summed E-state index contributed by atoms with van der Waals surface area (Å²) < 4.78 is 1.06. The maximum Gasteiger partial charge on any atom is 0.242 e. The summed E-state index contributed by atoms with van der Waals surface area (Å²) in [6.45, 7) is 9.65. The Balaban J connectivity index is 2.18. The van der Waals surface area contributed by atoms with Gasteiger partial charge < -0.3 is 16.4 Å². The number of aryl methyl sites for hydroxylation is 1. The van der Waals surface area contributed by atoms with E-state index in [4.69, 9.17) is 5.73 Å². The van der Waals surface area contributed by atoms with Crippen LogP contribution in [0.5, 0.6) is 0 Å². The van der Waals surface area contributed by atoms with Gasteiger partial charge in [-0.05, 0) is 46.8 Å². The van der Waals surface area contributed by atoms with E-state index in [0.29, 0.717) is 5.69 Å². The Labute approximate surface area is 128 Å². The highest BCUT2D eigenvalue weighted by Gasteiger charge is 2.20. The fourth-order valence-corrected chi connectivity index (χ4v) is 2.86. The first-order valence-electron chi connectivity index (χ1n) is 6.91. The first-order valence-corrected chi connectivity index (χ1v) is 7.72. The summed E-state index contributed by atoms with van der Waals surface area (Å²) in [4.78, 5) is 16.6. The number of carbonyl (C=O) groups is 1. The molecular formula is C15H22N4OS. The molecule has 0 aliphatic carbocycles. The predicted molar refractivity (Wildman–Crippen MR) is 89.7 cm³/mol. The number of aromatic nitrogens is 1. The number of anilines is 2.